The normalized spacial score (nSPS) is 10.6. The number of hydrogen-bond acceptors (Lipinski definition) is 5. The van der Waals surface area contributed by atoms with E-state index in [1.54, 1.807) is 30.3 Å². The quantitative estimate of drug-likeness (QED) is 0.351. The van der Waals surface area contributed by atoms with E-state index in [1.165, 1.54) is 30.5 Å². The molecule has 0 aliphatic rings. The van der Waals surface area contributed by atoms with Gasteiger partial charge in [0.1, 0.15) is 11.6 Å². The van der Waals surface area contributed by atoms with Crippen LogP contribution in [0.1, 0.15) is 0 Å². The Kier molecular flexibility index (Phi) is 5.65. The molecule has 0 fully saturated rings. The van der Waals surface area contributed by atoms with Crippen LogP contribution in [0.25, 0.3) is 0 Å². The molecule has 8 heteroatoms. The van der Waals surface area contributed by atoms with Gasteiger partial charge in [0.2, 0.25) is 0 Å². The van der Waals surface area contributed by atoms with Crippen LogP contribution in [0.2, 0.25) is 0 Å². The lowest BCUT2D eigenvalue weighted by Crippen LogP contribution is -2.14. The minimum absolute atomic E-state index is 0.0435. The van der Waals surface area contributed by atoms with Gasteiger partial charge < -0.3 is 10.6 Å². The summed E-state index contributed by atoms with van der Waals surface area (Å²) in [5.74, 6) is -0.561. The number of benzene rings is 2. The number of non-ortho nitro benzene ring substituents is 1. The zero-order valence-electron chi connectivity index (χ0n) is 12.2. The second-order valence-corrected chi connectivity index (χ2v) is 5.49. The molecule has 24 heavy (non-hydrogen) atoms. The molecule has 2 N–H and O–H groups in total. The lowest BCUT2D eigenvalue weighted by molar-refractivity contribution is -0.384. The van der Waals surface area contributed by atoms with E-state index in [0.29, 0.717) is 11.4 Å². The van der Waals surface area contributed by atoms with Gasteiger partial charge in [-0.3, -0.25) is 14.9 Å². The second-order valence-electron chi connectivity index (χ2n) is 4.58. The molecule has 0 saturated heterocycles. The SMILES string of the molecule is N#C/C(=C/Nc1ccc([N+](=O)[O-])cc1)C(=O)Nc1ccc(Br)cc1. The molecule has 0 radical (unpaired) electrons. The third kappa shape index (κ3) is 4.66. The summed E-state index contributed by atoms with van der Waals surface area (Å²) in [5, 5.41) is 25.0. The Morgan fingerprint density at radius 2 is 1.71 bits per heavy atom. The third-order valence-electron chi connectivity index (χ3n) is 2.93. The first-order valence-electron chi connectivity index (χ1n) is 6.68. The number of rotatable bonds is 5. The Morgan fingerprint density at radius 1 is 1.12 bits per heavy atom. The van der Waals surface area contributed by atoms with Gasteiger partial charge in [0.25, 0.3) is 11.6 Å². The van der Waals surface area contributed by atoms with Crippen LogP contribution in [0.15, 0.2) is 64.8 Å². The Labute approximate surface area is 145 Å². The van der Waals surface area contributed by atoms with Crippen molar-refractivity contribution in [1.82, 2.24) is 0 Å². The number of anilines is 2. The molecule has 2 rings (SSSR count). The fraction of sp³-hybridized carbons (Fsp3) is 0. The smallest absolute Gasteiger partial charge is 0.269 e. The van der Waals surface area contributed by atoms with Gasteiger partial charge in [-0.1, -0.05) is 15.9 Å². The highest BCUT2D eigenvalue weighted by Gasteiger charge is 2.09. The Hall–Kier alpha value is -3.18. The zero-order chi connectivity index (χ0) is 17.5. The minimum Gasteiger partial charge on any atom is -0.360 e. The topological polar surface area (TPSA) is 108 Å². The van der Waals surface area contributed by atoms with E-state index in [0.717, 1.165) is 4.47 Å². The minimum atomic E-state index is -0.561. The Balaban J connectivity index is 2.05. The summed E-state index contributed by atoms with van der Waals surface area (Å²) in [5.41, 5.74) is 0.902. The largest absolute Gasteiger partial charge is 0.360 e. The maximum atomic E-state index is 12.1. The molecular formula is C16H11BrN4O3. The number of nitro groups is 1. The van der Waals surface area contributed by atoms with Crippen LogP contribution >= 0.6 is 15.9 Å². The number of carbonyl (C=O) groups is 1. The number of hydrogen-bond donors (Lipinski definition) is 2. The van der Waals surface area contributed by atoms with Gasteiger partial charge in [-0.15, -0.1) is 0 Å². The van der Waals surface area contributed by atoms with E-state index >= 15 is 0 Å². The van der Waals surface area contributed by atoms with E-state index in [4.69, 9.17) is 5.26 Å². The summed E-state index contributed by atoms with van der Waals surface area (Å²) in [7, 11) is 0. The van der Waals surface area contributed by atoms with Gasteiger partial charge in [-0.2, -0.15) is 5.26 Å². The molecule has 0 unspecified atom stereocenters. The molecular weight excluding hydrogens is 376 g/mol. The average Bonchev–Trinajstić information content (AvgIpc) is 2.58. The molecule has 2 aromatic carbocycles. The van der Waals surface area contributed by atoms with Gasteiger partial charge in [-0.25, -0.2) is 0 Å². The van der Waals surface area contributed by atoms with Crippen LogP contribution in [0.4, 0.5) is 17.1 Å². The number of carbonyl (C=O) groups excluding carboxylic acids is 1. The average molecular weight is 387 g/mol. The van der Waals surface area contributed by atoms with E-state index in [9.17, 15) is 14.9 Å². The van der Waals surface area contributed by atoms with Crippen LogP contribution in [-0.4, -0.2) is 10.8 Å². The van der Waals surface area contributed by atoms with Crippen molar-refractivity contribution in [3.8, 4) is 6.07 Å². The molecule has 0 aliphatic carbocycles. The van der Waals surface area contributed by atoms with Gasteiger partial charge >= 0.3 is 0 Å². The summed E-state index contributed by atoms with van der Waals surface area (Å²) in [6, 6.07) is 14.3. The molecule has 0 aliphatic heterocycles. The number of halogens is 1. The summed E-state index contributed by atoms with van der Waals surface area (Å²) in [6.07, 6.45) is 1.25. The predicted molar refractivity (Wildman–Crippen MR) is 93.2 cm³/mol. The van der Waals surface area contributed by atoms with Crippen molar-refractivity contribution in [2.45, 2.75) is 0 Å². The molecule has 0 heterocycles. The summed E-state index contributed by atoms with van der Waals surface area (Å²) < 4.78 is 0.872. The van der Waals surface area contributed by atoms with Gasteiger partial charge in [-0.05, 0) is 36.4 Å². The Morgan fingerprint density at radius 3 is 2.25 bits per heavy atom. The highest BCUT2D eigenvalue weighted by molar-refractivity contribution is 9.10. The molecule has 0 spiro atoms. The van der Waals surface area contributed by atoms with E-state index in [1.807, 2.05) is 0 Å². The lowest BCUT2D eigenvalue weighted by atomic mass is 10.2. The van der Waals surface area contributed by atoms with Crippen molar-refractivity contribution >= 4 is 38.9 Å². The molecule has 2 aromatic rings. The highest BCUT2D eigenvalue weighted by Crippen LogP contribution is 2.17. The molecule has 0 bridgehead atoms. The van der Waals surface area contributed by atoms with Gasteiger partial charge in [0.05, 0.1) is 4.92 Å². The predicted octanol–water partition coefficient (Wildman–Crippen LogP) is 3.82. The van der Waals surface area contributed by atoms with Crippen molar-refractivity contribution < 1.29 is 9.72 Å². The van der Waals surface area contributed by atoms with E-state index in [2.05, 4.69) is 26.6 Å². The summed E-state index contributed by atoms with van der Waals surface area (Å²) >= 11 is 3.29. The Bertz CT molecular complexity index is 824. The first kappa shape index (κ1) is 17.2. The number of nitriles is 1. The summed E-state index contributed by atoms with van der Waals surface area (Å²) in [4.78, 5) is 22.1. The number of nitro benzene ring substituents is 1. The molecule has 7 nitrogen and oxygen atoms in total. The number of nitrogens with one attached hydrogen (secondary N) is 2. The molecule has 0 aromatic heterocycles. The maximum Gasteiger partial charge on any atom is 0.269 e. The fourth-order valence-electron chi connectivity index (χ4n) is 1.72. The second kappa shape index (κ2) is 7.89. The van der Waals surface area contributed by atoms with Crippen molar-refractivity contribution in [2.75, 3.05) is 10.6 Å². The van der Waals surface area contributed by atoms with Crippen LogP contribution < -0.4 is 10.6 Å². The van der Waals surface area contributed by atoms with Gasteiger partial charge in [0, 0.05) is 34.2 Å². The van der Waals surface area contributed by atoms with Crippen molar-refractivity contribution in [1.29, 1.82) is 5.26 Å². The van der Waals surface area contributed by atoms with Crippen molar-refractivity contribution in [2.24, 2.45) is 0 Å². The van der Waals surface area contributed by atoms with Crippen LogP contribution in [0, 0.1) is 21.4 Å². The monoisotopic (exact) mass is 386 g/mol. The van der Waals surface area contributed by atoms with Crippen LogP contribution in [-0.2, 0) is 4.79 Å². The van der Waals surface area contributed by atoms with Crippen LogP contribution in [0.3, 0.4) is 0 Å². The zero-order valence-corrected chi connectivity index (χ0v) is 13.8. The number of nitrogens with zero attached hydrogens (tertiary/aromatic N) is 2. The fourth-order valence-corrected chi connectivity index (χ4v) is 1.98. The lowest BCUT2D eigenvalue weighted by Gasteiger charge is -2.05. The third-order valence-corrected chi connectivity index (χ3v) is 3.46. The number of amides is 1. The van der Waals surface area contributed by atoms with E-state index < -0.39 is 10.8 Å². The molecule has 120 valence electrons. The molecule has 1 amide bonds. The van der Waals surface area contributed by atoms with Crippen LogP contribution in [0.5, 0.6) is 0 Å². The highest BCUT2D eigenvalue weighted by atomic mass is 79.9. The summed E-state index contributed by atoms with van der Waals surface area (Å²) in [6.45, 7) is 0. The molecule has 0 atom stereocenters. The van der Waals surface area contributed by atoms with Crippen molar-refractivity contribution in [3.63, 3.8) is 0 Å². The van der Waals surface area contributed by atoms with E-state index in [-0.39, 0.29) is 11.3 Å². The first-order valence-corrected chi connectivity index (χ1v) is 7.47. The first-order chi connectivity index (χ1) is 11.5. The maximum absolute atomic E-state index is 12.1. The molecule has 0 saturated carbocycles. The van der Waals surface area contributed by atoms with Gasteiger partial charge in [0.15, 0.2) is 0 Å². The standard InChI is InChI=1S/C16H11BrN4O3/c17-12-1-3-14(4-2-12)20-16(22)11(9-18)10-19-13-5-7-15(8-6-13)21(23)24/h1-8,10,19H,(H,20,22)/b11-10-. The van der Waals surface area contributed by atoms with Crippen molar-refractivity contribution in [3.05, 3.63) is 74.9 Å².